The van der Waals surface area contributed by atoms with Crippen LogP contribution in [0.25, 0.3) is 0 Å². The third-order valence-corrected chi connectivity index (χ3v) is 6.48. The zero-order valence-corrected chi connectivity index (χ0v) is 23.6. The summed E-state index contributed by atoms with van der Waals surface area (Å²) in [7, 11) is 0. The van der Waals surface area contributed by atoms with Gasteiger partial charge in [-0.05, 0) is 30.7 Å². The standard InChI is InChI=1S/C28H42N4O7/c1-16(2)12-20(30-27(38)22(14-33)29-18(5)34)25(36)31-21(13-19-10-8-7-9-11-19)26(37)32-23(17(3)4)24(35)28(6)15-39-28/h7-11,16-17,20-23,33H,12-15H2,1-6H3,(H,29,34)(H,30,38)(H,31,36)(H,32,37)/t20-,21-,22-,23?,28+/m0/s1. The number of aliphatic hydroxyl groups excluding tert-OH is 1. The van der Waals surface area contributed by atoms with Crippen molar-refractivity contribution in [3.05, 3.63) is 35.9 Å². The highest BCUT2D eigenvalue weighted by Crippen LogP contribution is 2.29. The summed E-state index contributed by atoms with van der Waals surface area (Å²) in [5.74, 6) is -2.81. The van der Waals surface area contributed by atoms with Gasteiger partial charge in [0.15, 0.2) is 5.78 Å². The van der Waals surface area contributed by atoms with Gasteiger partial charge in [0.25, 0.3) is 0 Å². The highest BCUT2D eigenvalue weighted by Gasteiger charge is 2.51. The lowest BCUT2D eigenvalue weighted by atomic mass is 9.91. The molecule has 1 fully saturated rings. The number of rotatable bonds is 15. The zero-order valence-electron chi connectivity index (χ0n) is 23.6. The summed E-state index contributed by atoms with van der Waals surface area (Å²) >= 11 is 0. The molecular formula is C28H42N4O7. The van der Waals surface area contributed by atoms with Gasteiger partial charge in [-0.3, -0.25) is 24.0 Å². The van der Waals surface area contributed by atoms with E-state index in [0.29, 0.717) is 6.61 Å². The normalized spacial score (nSPS) is 19.4. The van der Waals surface area contributed by atoms with Gasteiger partial charge >= 0.3 is 0 Å². The summed E-state index contributed by atoms with van der Waals surface area (Å²) in [6.07, 6.45) is 0.400. The van der Waals surface area contributed by atoms with Crippen LogP contribution in [-0.2, 0) is 35.1 Å². The molecule has 0 saturated carbocycles. The van der Waals surface area contributed by atoms with E-state index in [-0.39, 0.29) is 30.5 Å². The highest BCUT2D eigenvalue weighted by molar-refractivity contribution is 5.99. The molecule has 11 heteroatoms. The maximum atomic E-state index is 13.5. The first-order valence-corrected chi connectivity index (χ1v) is 13.3. The van der Waals surface area contributed by atoms with Crippen molar-refractivity contribution in [2.75, 3.05) is 13.2 Å². The van der Waals surface area contributed by atoms with Crippen LogP contribution in [0.3, 0.4) is 0 Å². The van der Waals surface area contributed by atoms with Crippen molar-refractivity contribution in [3.8, 4) is 0 Å². The van der Waals surface area contributed by atoms with Gasteiger partial charge in [-0.25, -0.2) is 0 Å². The molecule has 0 aromatic heterocycles. The number of epoxide rings is 1. The Labute approximate surface area is 229 Å². The summed E-state index contributed by atoms with van der Waals surface area (Å²) < 4.78 is 5.29. The average Bonchev–Trinajstić information content (AvgIpc) is 3.62. The second-order valence-electron chi connectivity index (χ2n) is 11.0. The number of ketones is 1. The van der Waals surface area contributed by atoms with Crippen LogP contribution in [0, 0.1) is 11.8 Å². The molecule has 2 rings (SSSR count). The van der Waals surface area contributed by atoms with Crippen LogP contribution in [0.15, 0.2) is 30.3 Å². The predicted octanol–water partition coefficient (Wildman–Crippen LogP) is 0.241. The monoisotopic (exact) mass is 546 g/mol. The third-order valence-electron chi connectivity index (χ3n) is 6.48. The first kappa shape index (κ1) is 31.9. The van der Waals surface area contributed by atoms with Gasteiger partial charge in [0, 0.05) is 13.3 Å². The molecule has 1 heterocycles. The van der Waals surface area contributed by atoms with Crippen molar-refractivity contribution in [2.45, 2.75) is 84.2 Å². The molecule has 5 N–H and O–H groups in total. The maximum Gasteiger partial charge on any atom is 0.245 e. The number of Topliss-reactive ketones (excluding diaryl/α,β-unsaturated/α-hetero) is 1. The predicted molar refractivity (Wildman–Crippen MR) is 144 cm³/mol. The largest absolute Gasteiger partial charge is 0.394 e. The highest BCUT2D eigenvalue weighted by atomic mass is 16.6. The molecule has 0 spiro atoms. The van der Waals surface area contributed by atoms with Crippen molar-refractivity contribution >= 4 is 29.4 Å². The van der Waals surface area contributed by atoms with Crippen LogP contribution >= 0.6 is 0 Å². The van der Waals surface area contributed by atoms with Gasteiger partial charge in [-0.2, -0.15) is 0 Å². The molecule has 5 atom stereocenters. The van der Waals surface area contributed by atoms with Crippen LogP contribution in [0.1, 0.15) is 53.5 Å². The fraction of sp³-hybridized carbons (Fsp3) is 0.607. The van der Waals surface area contributed by atoms with E-state index in [9.17, 15) is 29.1 Å². The summed E-state index contributed by atoms with van der Waals surface area (Å²) in [5.41, 5.74) is -0.136. The second-order valence-corrected chi connectivity index (χ2v) is 11.0. The Kier molecular flexibility index (Phi) is 11.6. The molecule has 1 unspecified atom stereocenters. The lowest BCUT2D eigenvalue weighted by Crippen LogP contribution is -2.59. The molecule has 0 bridgehead atoms. The first-order valence-electron chi connectivity index (χ1n) is 13.3. The number of amides is 4. The molecule has 1 aromatic rings. The molecule has 1 aliphatic rings. The van der Waals surface area contributed by atoms with Crippen molar-refractivity contribution in [2.24, 2.45) is 11.8 Å². The van der Waals surface area contributed by atoms with Crippen molar-refractivity contribution in [1.82, 2.24) is 21.3 Å². The molecule has 0 radical (unpaired) electrons. The molecular weight excluding hydrogens is 504 g/mol. The number of hydrogen-bond acceptors (Lipinski definition) is 7. The average molecular weight is 547 g/mol. The number of nitrogens with one attached hydrogen (secondary N) is 4. The van der Waals surface area contributed by atoms with E-state index in [1.54, 1.807) is 6.92 Å². The van der Waals surface area contributed by atoms with Gasteiger partial charge in [0.2, 0.25) is 23.6 Å². The van der Waals surface area contributed by atoms with E-state index >= 15 is 0 Å². The van der Waals surface area contributed by atoms with Gasteiger partial charge in [-0.15, -0.1) is 0 Å². The van der Waals surface area contributed by atoms with Gasteiger partial charge in [0.05, 0.1) is 19.3 Å². The number of hydrogen-bond donors (Lipinski definition) is 5. The minimum Gasteiger partial charge on any atom is -0.394 e. The Morgan fingerprint density at radius 2 is 1.41 bits per heavy atom. The Morgan fingerprint density at radius 1 is 0.872 bits per heavy atom. The molecule has 11 nitrogen and oxygen atoms in total. The molecule has 216 valence electrons. The number of aliphatic hydroxyl groups is 1. The van der Waals surface area contributed by atoms with Crippen LogP contribution in [0.2, 0.25) is 0 Å². The molecule has 4 amide bonds. The topological polar surface area (TPSA) is 166 Å². The Balaban J connectivity index is 2.26. The van der Waals surface area contributed by atoms with Crippen LogP contribution in [-0.4, -0.2) is 77.5 Å². The van der Waals surface area contributed by atoms with Crippen molar-refractivity contribution < 1.29 is 33.8 Å². The Hall–Kier alpha value is -3.31. The van der Waals surface area contributed by atoms with Crippen molar-refractivity contribution in [1.29, 1.82) is 0 Å². The van der Waals surface area contributed by atoms with E-state index in [1.165, 1.54) is 6.92 Å². The Morgan fingerprint density at radius 3 is 1.90 bits per heavy atom. The quantitative estimate of drug-likeness (QED) is 0.197. The van der Waals surface area contributed by atoms with E-state index in [0.717, 1.165) is 5.56 Å². The van der Waals surface area contributed by atoms with E-state index < -0.39 is 60.0 Å². The molecule has 1 aromatic carbocycles. The summed E-state index contributed by atoms with van der Waals surface area (Å²) in [4.78, 5) is 64.1. The summed E-state index contributed by atoms with van der Waals surface area (Å²) in [5, 5.41) is 20.0. The van der Waals surface area contributed by atoms with Crippen LogP contribution in [0.5, 0.6) is 0 Å². The molecule has 39 heavy (non-hydrogen) atoms. The number of ether oxygens (including phenoxy) is 1. The minimum atomic E-state index is -1.22. The molecule has 1 saturated heterocycles. The van der Waals surface area contributed by atoms with Crippen LogP contribution < -0.4 is 21.3 Å². The van der Waals surface area contributed by atoms with Gasteiger partial charge in [0.1, 0.15) is 23.7 Å². The lowest BCUT2D eigenvalue weighted by Gasteiger charge is -2.28. The fourth-order valence-corrected chi connectivity index (χ4v) is 4.11. The Bertz CT molecular complexity index is 1020. The summed E-state index contributed by atoms with van der Waals surface area (Å²) in [6.45, 7) is 9.92. The number of carbonyl (C=O) groups is 5. The van der Waals surface area contributed by atoms with E-state index in [4.69, 9.17) is 4.74 Å². The lowest BCUT2D eigenvalue weighted by molar-refractivity contribution is -0.135. The molecule has 0 aliphatic carbocycles. The van der Waals surface area contributed by atoms with E-state index in [1.807, 2.05) is 58.0 Å². The second kappa shape index (κ2) is 14.2. The fourth-order valence-electron chi connectivity index (χ4n) is 4.11. The molecule has 1 aliphatic heterocycles. The van der Waals surface area contributed by atoms with E-state index in [2.05, 4.69) is 21.3 Å². The van der Waals surface area contributed by atoms with Gasteiger partial charge in [-0.1, -0.05) is 58.0 Å². The maximum absolute atomic E-state index is 13.5. The smallest absolute Gasteiger partial charge is 0.245 e. The summed E-state index contributed by atoms with van der Waals surface area (Å²) in [6, 6.07) is 5.00. The number of benzene rings is 1. The third kappa shape index (κ3) is 9.74. The minimum absolute atomic E-state index is 0.00183. The van der Waals surface area contributed by atoms with Gasteiger partial charge < -0.3 is 31.1 Å². The first-order chi connectivity index (χ1) is 18.3. The van der Waals surface area contributed by atoms with Crippen molar-refractivity contribution in [3.63, 3.8) is 0 Å². The van der Waals surface area contributed by atoms with Crippen LogP contribution in [0.4, 0.5) is 0 Å². The zero-order chi connectivity index (χ0) is 29.3. The SMILES string of the molecule is CC(=O)N[C@@H](CO)C(=O)N[C@@H](CC(C)C)C(=O)N[C@@H](Cc1ccccc1)C(=O)NC(C(=O)[C@@]1(C)CO1)C(C)C. The number of carbonyl (C=O) groups excluding carboxylic acids is 5.